The van der Waals surface area contributed by atoms with E-state index in [4.69, 9.17) is 0 Å². The summed E-state index contributed by atoms with van der Waals surface area (Å²) in [5.74, 6) is 0.0779. The molecule has 1 rings (SSSR count). The number of amides is 1. The fourth-order valence-electron chi connectivity index (χ4n) is 2.06. The van der Waals surface area contributed by atoms with Crippen molar-refractivity contribution < 1.29 is 9.90 Å². The summed E-state index contributed by atoms with van der Waals surface area (Å²) in [6.07, 6.45) is 0. The van der Waals surface area contributed by atoms with Gasteiger partial charge in [-0.25, -0.2) is 0 Å². The van der Waals surface area contributed by atoms with Crippen molar-refractivity contribution in [2.45, 2.75) is 45.8 Å². The van der Waals surface area contributed by atoms with E-state index >= 15 is 0 Å². The van der Waals surface area contributed by atoms with Crippen LogP contribution in [0.4, 0.5) is 0 Å². The van der Waals surface area contributed by atoms with Crippen LogP contribution in [0.25, 0.3) is 0 Å². The average molecular weight is 292 g/mol. The lowest BCUT2D eigenvalue weighted by molar-refractivity contribution is -0.138. The highest BCUT2D eigenvalue weighted by Crippen LogP contribution is 2.18. The number of rotatable bonds is 6. The van der Waals surface area contributed by atoms with Crippen molar-refractivity contribution >= 4 is 5.91 Å². The van der Waals surface area contributed by atoms with Crippen LogP contribution in [0.2, 0.25) is 0 Å². The molecule has 0 fully saturated rings. The van der Waals surface area contributed by atoms with Crippen LogP contribution >= 0.6 is 0 Å². The minimum atomic E-state index is -0.240. The number of likely N-dealkylation sites (N-methyl/N-ethyl adjacent to an activating group) is 1. The van der Waals surface area contributed by atoms with E-state index in [-0.39, 0.29) is 24.1 Å². The number of hydrogen-bond donors (Lipinski definition) is 1. The van der Waals surface area contributed by atoms with Crippen molar-refractivity contribution in [3.63, 3.8) is 0 Å². The van der Waals surface area contributed by atoms with Gasteiger partial charge in [0.25, 0.3) is 0 Å². The zero-order valence-corrected chi connectivity index (χ0v) is 13.8. The van der Waals surface area contributed by atoms with E-state index in [2.05, 4.69) is 0 Å². The third-order valence-corrected chi connectivity index (χ3v) is 3.70. The number of aliphatic hydroxyl groups excluding tert-OH is 1. The van der Waals surface area contributed by atoms with Gasteiger partial charge in [-0.3, -0.25) is 9.69 Å². The van der Waals surface area contributed by atoms with Gasteiger partial charge in [0, 0.05) is 18.1 Å². The number of aliphatic hydroxyl groups is 1. The Labute approximate surface area is 128 Å². The maximum atomic E-state index is 12.6. The Kier molecular flexibility index (Phi) is 6.37. The molecule has 0 spiro atoms. The van der Waals surface area contributed by atoms with Crippen LogP contribution in [-0.2, 0) is 11.3 Å². The third kappa shape index (κ3) is 5.48. The first-order valence-electron chi connectivity index (χ1n) is 7.41. The molecule has 0 aliphatic carbocycles. The molecule has 118 valence electrons. The highest BCUT2D eigenvalue weighted by molar-refractivity contribution is 5.79. The van der Waals surface area contributed by atoms with Gasteiger partial charge in [-0.1, -0.05) is 30.3 Å². The van der Waals surface area contributed by atoms with Crippen LogP contribution in [0.1, 0.15) is 33.3 Å². The molecular formula is C17H28N2O2. The maximum Gasteiger partial charge on any atom is 0.237 e. The Morgan fingerprint density at radius 1 is 1.24 bits per heavy atom. The summed E-state index contributed by atoms with van der Waals surface area (Å²) < 4.78 is 0. The fourth-order valence-corrected chi connectivity index (χ4v) is 2.06. The number of benzene rings is 1. The molecule has 0 radical (unpaired) electrons. The predicted molar refractivity (Wildman–Crippen MR) is 85.9 cm³/mol. The lowest BCUT2D eigenvalue weighted by Crippen LogP contribution is -2.50. The first-order valence-corrected chi connectivity index (χ1v) is 7.41. The lowest BCUT2D eigenvalue weighted by atomic mass is 10.0. The minimum Gasteiger partial charge on any atom is -0.395 e. The van der Waals surface area contributed by atoms with Crippen molar-refractivity contribution in [2.24, 2.45) is 0 Å². The third-order valence-electron chi connectivity index (χ3n) is 3.70. The van der Waals surface area contributed by atoms with E-state index in [0.29, 0.717) is 13.1 Å². The van der Waals surface area contributed by atoms with Crippen molar-refractivity contribution in [3.05, 3.63) is 35.9 Å². The molecule has 1 atom stereocenters. The van der Waals surface area contributed by atoms with Gasteiger partial charge < -0.3 is 10.0 Å². The zero-order valence-electron chi connectivity index (χ0n) is 13.8. The van der Waals surface area contributed by atoms with Crippen molar-refractivity contribution in [1.82, 2.24) is 9.80 Å². The van der Waals surface area contributed by atoms with Crippen molar-refractivity contribution in [3.8, 4) is 0 Å². The summed E-state index contributed by atoms with van der Waals surface area (Å²) in [6, 6.07) is 10.00. The van der Waals surface area contributed by atoms with Gasteiger partial charge in [0.1, 0.15) is 0 Å². The zero-order chi connectivity index (χ0) is 16.0. The second kappa shape index (κ2) is 7.57. The van der Waals surface area contributed by atoms with Crippen LogP contribution in [0.3, 0.4) is 0 Å². The Hall–Kier alpha value is -1.39. The number of carbonyl (C=O) groups excluding carboxylic acids is 1. The summed E-state index contributed by atoms with van der Waals surface area (Å²) in [7, 11) is 1.86. The highest BCUT2D eigenvalue weighted by Gasteiger charge is 2.27. The van der Waals surface area contributed by atoms with E-state index in [9.17, 15) is 9.90 Å². The molecule has 0 aliphatic rings. The van der Waals surface area contributed by atoms with Gasteiger partial charge >= 0.3 is 0 Å². The molecule has 0 saturated heterocycles. The molecule has 1 N–H and O–H groups in total. The van der Waals surface area contributed by atoms with E-state index in [1.807, 2.05) is 74.9 Å². The van der Waals surface area contributed by atoms with E-state index < -0.39 is 0 Å². The van der Waals surface area contributed by atoms with Gasteiger partial charge in [0.2, 0.25) is 5.91 Å². The first kappa shape index (κ1) is 17.7. The van der Waals surface area contributed by atoms with Gasteiger partial charge in [-0.2, -0.15) is 0 Å². The van der Waals surface area contributed by atoms with Crippen LogP contribution < -0.4 is 0 Å². The SMILES string of the molecule is CC(CO)N(C)CC(=O)N(Cc1ccccc1)C(C)(C)C. The molecule has 0 aliphatic heterocycles. The molecule has 1 amide bonds. The van der Waals surface area contributed by atoms with Crippen molar-refractivity contribution in [1.29, 1.82) is 0 Å². The van der Waals surface area contributed by atoms with Gasteiger partial charge in [-0.15, -0.1) is 0 Å². The van der Waals surface area contributed by atoms with E-state index in [1.165, 1.54) is 0 Å². The topological polar surface area (TPSA) is 43.8 Å². The standard InChI is InChI=1S/C17H28N2O2/c1-14(13-20)18(5)12-16(21)19(17(2,3)4)11-15-9-7-6-8-10-15/h6-10,14,20H,11-13H2,1-5H3. The van der Waals surface area contributed by atoms with Crippen LogP contribution in [-0.4, -0.2) is 52.6 Å². The monoisotopic (exact) mass is 292 g/mol. The molecule has 0 heterocycles. The minimum absolute atomic E-state index is 0.0208. The van der Waals surface area contributed by atoms with Crippen LogP contribution in [0, 0.1) is 0 Å². The molecule has 0 saturated carbocycles. The Morgan fingerprint density at radius 2 is 1.81 bits per heavy atom. The van der Waals surface area contributed by atoms with Gasteiger partial charge in [0.15, 0.2) is 0 Å². The smallest absolute Gasteiger partial charge is 0.237 e. The molecule has 21 heavy (non-hydrogen) atoms. The molecule has 1 unspecified atom stereocenters. The number of hydrogen-bond acceptors (Lipinski definition) is 3. The Morgan fingerprint density at radius 3 is 2.29 bits per heavy atom. The summed E-state index contributed by atoms with van der Waals surface area (Å²) in [5.41, 5.74) is 0.884. The van der Waals surface area contributed by atoms with Gasteiger partial charge in [0.05, 0.1) is 13.2 Å². The summed E-state index contributed by atoms with van der Waals surface area (Å²) in [5, 5.41) is 9.19. The number of nitrogens with zero attached hydrogens (tertiary/aromatic N) is 2. The molecular weight excluding hydrogens is 264 g/mol. The lowest BCUT2D eigenvalue weighted by Gasteiger charge is -2.37. The molecule has 1 aromatic rings. The molecule has 4 heteroatoms. The Bertz CT molecular complexity index is 440. The highest BCUT2D eigenvalue weighted by atomic mass is 16.3. The molecule has 0 bridgehead atoms. The molecule has 1 aromatic carbocycles. The van der Waals surface area contributed by atoms with Crippen LogP contribution in [0.15, 0.2) is 30.3 Å². The second-order valence-electron chi connectivity index (χ2n) is 6.58. The maximum absolute atomic E-state index is 12.6. The normalized spacial score (nSPS) is 13.3. The van der Waals surface area contributed by atoms with Crippen LogP contribution in [0.5, 0.6) is 0 Å². The first-order chi connectivity index (χ1) is 9.75. The second-order valence-corrected chi connectivity index (χ2v) is 6.58. The quantitative estimate of drug-likeness (QED) is 0.873. The predicted octanol–water partition coefficient (Wildman–Crippen LogP) is 2.13. The molecule has 4 nitrogen and oxygen atoms in total. The Balaban J connectivity index is 2.81. The van der Waals surface area contributed by atoms with E-state index in [0.717, 1.165) is 5.56 Å². The van der Waals surface area contributed by atoms with E-state index in [1.54, 1.807) is 0 Å². The summed E-state index contributed by atoms with van der Waals surface area (Å²) in [4.78, 5) is 16.4. The molecule has 0 aromatic heterocycles. The van der Waals surface area contributed by atoms with Crippen molar-refractivity contribution in [2.75, 3.05) is 20.2 Å². The summed E-state index contributed by atoms with van der Waals surface area (Å²) >= 11 is 0. The summed E-state index contributed by atoms with van der Waals surface area (Å²) in [6.45, 7) is 9.01. The fraction of sp³-hybridized carbons (Fsp3) is 0.588. The average Bonchev–Trinajstić information content (AvgIpc) is 2.43. The largest absolute Gasteiger partial charge is 0.395 e. The number of carbonyl (C=O) groups is 1. The van der Waals surface area contributed by atoms with Gasteiger partial charge in [-0.05, 0) is 40.3 Å².